The third kappa shape index (κ3) is 2.48. The van der Waals surface area contributed by atoms with Crippen LogP contribution in [0.5, 0.6) is 0 Å². The number of hydrogen-bond donors (Lipinski definition) is 0. The smallest absolute Gasteiger partial charge is 0.130 e. The van der Waals surface area contributed by atoms with Gasteiger partial charge in [-0.1, -0.05) is 17.7 Å². The Balaban J connectivity index is 2.44. The molecular weight excluding hydrogens is 236 g/mol. The maximum absolute atomic E-state index is 6.36. The highest BCUT2D eigenvalue weighted by atomic mass is 35.5. The van der Waals surface area contributed by atoms with Gasteiger partial charge in [0.1, 0.15) is 5.69 Å². The van der Waals surface area contributed by atoms with Gasteiger partial charge in [-0.2, -0.15) is 5.10 Å². The Bertz CT molecular complexity index is 505. The van der Waals surface area contributed by atoms with E-state index in [0.717, 1.165) is 23.6 Å². The number of hydrogen-bond acceptors (Lipinski definition) is 3. The first kappa shape index (κ1) is 12.1. The molecule has 0 aromatic carbocycles. The molecule has 2 rings (SSSR count). The number of aryl methyl sites for hydroxylation is 1. The van der Waals surface area contributed by atoms with Gasteiger partial charge in [-0.25, -0.2) is 0 Å². The van der Waals surface area contributed by atoms with Crippen LogP contribution in [0, 0.1) is 0 Å². The molecule has 0 spiro atoms. The lowest BCUT2D eigenvalue weighted by Gasteiger charge is -2.09. The van der Waals surface area contributed by atoms with Crippen LogP contribution in [0.3, 0.4) is 0 Å². The lowest BCUT2D eigenvalue weighted by molar-refractivity contribution is 0.387. The van der Waals surface area contributed by atoms with Gasteiger partial charge in [0.25, 0.3) is 0 Å². The van der Waals surface area contributed by atoms with Gasteiger partial charge in [0.05, 0.1) is 16.4 Å². The van der Waals surface area contributed by atoms with E-state index in [1.807, 2.05) is 44.0 Å². The Hall–Kier alpha value is -1.39. The molecule has 0 fully saturated rings. The molecule has 90 valence electrons. The summed E-state index contributed by atoms with van der Waals surface area (Å²) in [4.78, 5) is 6.33. The van der Waals surface area contributed by atoms with Gasteiger partial charge in [-0.15, -0.1) is 0 Å². The van der Waals surface area contributed by atoms with Gasteiger partial charge in [0, 0.05) is 19.8 Å². The average Bonchev–Trinajstić information content (AvgIpc) is 2.58. The number of pyridine rings is 1. The second kappa shape index (κ2) is 4.85. The maximum Gasteiger partial charge on any atom is 0.130 e. The minimum atomic E-state index is 0.680. The number of aromatic nitrogens is 3. The van der Waals surface area contributed by atoms with Crippen molar-refractivity contribution in [3.63, 3.8) is 0 Å². The highest BCUT2D eigenvalue weighted by Gasteiger charge is 2.16. The molecule has 17 heavy (non-hydrogen) atoms. The van der Waals surface area contributed by atoms with Crippen LogP contribution in [-0.4, -0.2) is 33.8 Å². The SMILES string of the molecule is CN(C)Cc1c(Cl)c(-c2ccccn2)nn1C. The van der Waals surface area contributed by atoms with Gasteiger partial charge in [-0.3, -0.25) is 9.67 Å². The minimum Gasteiger partial charge on any atom is -0.304 e. The zero-order chi connectivity index (χ0) is 12.4. The molecule has 0 radical (unpaired) electrons. The predicted octanol–water partition coefficient (Wildman–Crippen LogP) is 2.20. The Kier molecular flexibility index (Phi) is 3.45. The Morgan fingerprint density at radius 1 is 1.35 bits per heavy atom. The monoisotopic (exact) mass is 250 g/mol. The van der Waals surface area contributed by atoms with Gasteiger partial charge in [-0.05, 0) is 26.2 Å². The number of nitrogens with zero attached hydrogens (tertiary/aromatic N) is 4. The zero-order valence-electron chi connectivity index (χ0n) is 10.2. The van der Waals surface area contributed by atoms with E-state index in [4.69, 9.17) is 11.6 Å². The van der Waals surface area contributed by atoms with E-state index in [1.54, 1.807) is 6.20 Å². The molecule has 0 amide bonds. The van der Waals surface area contributed by atoms with Crippen molar-refractivity contribution in [2.45, 2.75) is 6.54 Å². The molecule has 0 atom stereocenters. The van der Waals surface area contributed by atoms with E-state index < -0.39 is 0 Å². The number of halogens is 1. The van der Waals surface area contributed by atoms with Gasteiger partial charge in [0.15, 0.2) is 0 Å². The molecule has 0 aliphatic heterocycles. The third-order valence-corrected chi connectivity index (χ3v) is 2.87. The standard InChI is InChI=1S/C12H15ClN4/c1-16(2)8-10-11(13)12(15-17(10)3)9-6-4-5-7-14-9/h4-7H,8H2,1-3H3. The van der Waals surface area contributed by atoms with Crippen LogP contribution < -0.4 is 0 Å². The summed E-state index contributed by atoms with van der Waals surface area (Å²) in [5.74, 6) is 0. The summed E-state index contributed by atoms with van der Waals surface area (Å²) in [6.07, 6.45) is 1.74. The molecule has 0 unspecified atom stereocenters. The van der Waals surface area contributed by atoms with Crippen LogP contribution >= 0.6 is 11.6 Å². The van der Waals surface area contributed by atoms with Crippen LogP contribution in [0.4, 0.5) is 0 Å². The van der Waals surface area contributed by atoms with E-state index in [-0.39, 0.29) is 0 Å². The zero-order valence-corrected chi connectivity index (χ0v) is 10.9. The second-order valence-electron chi connectivity index (χ2n) is 4.19. The molecule has 2 aromatic rings. The lowest BCUT2D eigenvalue weighted by Crippen LogP contribution is -2.14. The van der Waals surface area contributed by atoms with Crippen LogP contribution in [0.1, 0.15) is 5.69 Å². The first-order valence-corrected chi connectivity index (χ1v) is 5.75. The fraction of sp³-hybridized carbons (Fsp3) is 0.333. The first-order chi connectivity index (χ1) is 8.09. The molecule has 0 bridgehead atoms. The van der Waals surface area contributed by atoms with Crippen LogP contribution in [0.25, 0.3) is 11.4 Å². The highest BCUT2D eigenvalue weighted by molar-refractivity contribution is 6.33. The van der Waals surface area contributed by atoms with Crippen molar-refractivity contribution in [2.75, 3.05) is 14.1 Å². The minimum absolute atomic E-state index is 0.680. The van der Waals surface area contributed by atoms with E-state index in [9.17, 15) is 0 Å². The van der Waals surface area contributed by atoms with Crippen molar-refractivity contribution in [3.8, 4) is 11.4 Å². The third-order valence-electron chi connectivity index (χ3n) is 2.48. The predicted molar refractivity (Wildman–Crippen MR) is 68.8 cm³/mol. The summed E-state index contributed by atoms with van der Waals surface area (Å²) in [5, 5.41) is 5.11. The van der Waals surface area contributed by atoms with Crippen LogP contribution in [-0.2, 0) is 13.6 Å². The fourth-order valence-electron chi connectivity index (χ4n) is 1.67. The van der Waals surface area contributed by atoms with Gasteiger partial charge < -0.3 is 4.90 Å². The molecule has 0 aliphatic rings. The molecule has 4 nitrogen and oxygen atoms in total. The molecule has 0 aliphatic carbocycles. The Labute approximate surface area is 106 Å². The summed E-state index contributed by atoms with van der Waals surface area (Å²) in [7, 11) is 5.91. The van der Waals surface area contributed by atoms with Gasteiger partial charge >= 0.3 is 0 Å². The molecule has 0 saturated carbocycles. The molecule has 5 heteroatoms. The quantitative estimate of drug-likeness (QED) is 0.838. The molecular formula is C12H15ClN4. The number of rotatable bonds is 3. The second-order valence-corrected chi connectivity index (χ2v) is 4.56. The van der Waals surface area contributed by atoms with Crippen molar-refractivity contribution >= 4 is 11.6 Å². The van der Waals surface area contributed by atoms with E-state index in [1.165, 1.54) is 0 Å². The van der Waals surface area contributed by atoms with E-state index in [0.29, 0.717) is 5.02 Å². The largest absolute Gasteiger partial charge is 0.304 e. The Morgan fingerprint density at radius 3 is 2.71 bits per heavy atom. The highest BCUT2D eigenvalue weighted by Crippen LogP contribution is 2.28. The maximum atomic E-state index is 6.36. The molecule has 0 N–H and O–H groups in total. The average molecular weight is 251 g/mol. The summed E-state index contributed by atoms with van der Waals surface area (Å²) in [6.45, 7) is 0.759. The summed E-state index contributed by atoms with van der Waals surface area (Å²) < 4.78 is 1.81. The lowest BCUT2D eigenvalue weighted by atomic mass is 10.2. The van der Waals surface area contributed by atoms with Crippen molar-refractivity contribution in [2.24, 2.45) is 7.05 Å². The van der Waals surface area contributed by atoms with Crippen molar-refractivity contribution in [3.05, 3.63) is 35.1 Å². The van der Waals surface area contributed by atoms with Crippen molar-refractivity contribution in [1.82, 2.24) is 19.7 Å². The molecule has 2 heterocycles. The summed E-state index contributed by atoms with van der Waals surface area (Å²) >= 11 is 6.36. The Morgan fingerprint density at radius 2 is 2.12 bits per heavy atom. The van der Waals surface area contributed by atoms with Crippen molar-refractivity contribution < 1.29 is 0 Å². The molecule has 2 aromatic heterocycles. The topological polar surface area (TPSA) is 34.0 Å². The van der Waals surface area contributed by atoms with Crippen LogP contribution in [0.15, 0.2) is 24.4 Å². The van der Waals surface area contributed by atoms with E-state index in [2.05, 4.69) is 15.0 Å². The van der Waals surface area contributed by atoms with Crippen molar-refractivity contribution in [1.29, 1.82) is 0 Å². The van der Waals surface area contributed by atoms with Crippen LogP contribution in [0.2, 0.25) is 5.02 Å². The summed E-state index contributed by atoms with van der Waals surface area (Å²) in [6, 6.07) is 5.72. The van der Waals surface area contributed by atoms with Gasteiger partial charge in [0.2, 0.25) is 0 Å². The van der Waals surface area contributed by atoms with E-state index >= 15 is 0 Å². The normalized spacial score (nSPS) is 11.1. The fourth-order valence-corrected chi connectivity index (χ4v) is 1.99. The first-order valence-electron chi connectivity index (χ1n) is 5.37. The molecule has 0 saturated heterocycles. The summed E-state index contributed by atoms with van der Waals surface area (Å²) in [5.41, 5.74) is 2.54.